The van der Waals surface area contributed by atoms with Crippen LogP contribution in [-0.2, 0) is 0 Å². The lowest BCUT2D eigenvalue weighted by Crippen LogP contribution is -2.39. The first kappa shape index (κ1) is 15.0. The summed E-state index contributed by atoms with van der Waals surface area (Å²) >= 11 is 5.49. The van der Waals surface area contributed by atoms with Gasteiger partial charge in [0.05, 0.1) is 8.07 Å². The molecule has 2 rings (SSSR count). The van der Waals surface area contributed by atoms with E-state index >= 15 is 0 Å². The minimum atomic E-state index is -1.24. The summed E-state index contributed by atoms with van der Waals surface area (Å²) in [6, 6.07) is 7.04. The zero-order chi connectivity index (χ0) is 14.4. The van der Waals surface area contributed by atoms with E-state index in [4.69, 9.17) is 0 Å². The predicted molar refractivity (Wildman–Crippen MR) is 94.6 cm³/mol. The third-order valence-electron chi connectivity index (χ3n) is 3.50. The molecule has 0 saturated heterocycles. The molecule has 3 heteroatoms. The van der Waals surface area contributed by atoms with Crippen LogP contribution in [0.25, 0.3) is 10.4 Å². The summed E-state index contributed by atoms with van der Waals surface area (Å²) in [5.74, 6) is 0. The monoisotopic (exact) mass is 352 g/mol. The molecule has 0 atom stereocenters. The van der Waals surface area contributed by atoms with Gasteiger partial charge in [-0.1, -0.05) is 42.5 Å². The van der Waals surface area contributed by atoms with Crippen molar-refractivity contribution in [1.29, 1.82) is 0 Å². The summed E-state index contributed by atoms with van der Waals surface area (Å²) in [6.45, 7) is 13.9. The van der Waals surface area contributed by atoms with Crippen molar-refractivity contribution in [3.05, 3.63) is 38.7 Å². The average Bonchev–Trinajstić information content (AvgIpc) is 2.60. The van der Waals surface area contributed by atoms with E-state index in [1.807, 2.05) is 11.3 Å². The Labute approximate surface area is 130 Å². The summed E-state index contributed by atoms with van der Waals surface area (Å²) in [5, 5.41) is 1.58. The molecule has 0 N–H and O–H groups in total. The normalized spacial score (nSPS) is 11.9. The number of aryl methyl sites for hydroxylation is 3. The lowest BCUT2D eigenvalue weighted by Gasteiger charge is -2.21. The third-order valence-corrected chi connectivity index (χ3v) is 7.83. The number of hydrogen-bond acceptors (Lipinski definition) is 1. The Morgan fingerprint density at radius 2 is 1.58 bits per heavy atom. The predicted octanol–water partition coefficient (Wildman–Crippen LogP) is 5.65. The maximum Gasteiger partial charge on any atom is 0.0779 e. The molecule has 0 fully saturated rings. The van der Waals surface area contributed by atoms with Crippen molar-refractivity contribution in [2.24, 2.45) is 0 Å². The zero-order valence-corrected chi connectivity index (χ0v) is 15.9. The topological polar surface area (TPSA) is 0 Å². The van der Waals surface area contributed by atoms with Gasteiger partial charge in [0.2, 0.25) is 0 Å². The second-order valence-corrected chi connectivity index (χ2v) is 13.4. The Kier molecular flexibility index (Phi) is 4.10. The van der Waals surface area contributed by atoms with Crippen molar-refractivity contribution < 1.29 is 0 Å². The van der Waals surface area contributed by atoms with E-state index in [0.717, 1.165) is 0 Å². The molecule has 0 aliphatic heterocycles. The van der Waals surface area contributed by atoms with E-state index in [2.05, 4.69) is 74.5 Å². The fraction of sp³-hybridized carbons (Fsp3) is 0.375. The smallest absolute Gasteiger partial charge is 0.0779 e. The quantitative estimate of drug-likeness (QED) is 0.612. The first-order chi connectivity index (χ1) is 8.70. The molecule has 0 spiro atoms. The Morgan fingerprint density at radius 1 is 0.947 bits per heavy atom. The molecule has 0 unspecified atom stereocenters. The van der Waals surface area contributed by atoms with Gasteiger partial charge in [-0.2, -0.15) is 0 Å². The Morgan fingerprint density at radius 3 is 2.05 bits per heavy atom. The number of thiophene rings is 1. The van der Waals surface area contributed by atoms with Crippen LogP contribution in [0.1, 0.15) is 16.0 Å². The first-order valence-electron chi connectivity index (χ1n) is 6.58. The second-order valence-electron chi connectivity index (χ2n) is 6.25. The van der Waals surface area contributed by atoms with E-state index in [0.29, 0.717) is 0 Å². The fourth-order valence-electron chi connectivity index (χ4n) is 2.48. The van der Waals surface area contributed by atoms with Gasteiger partial charge in [0.15, 0.2) is 0 Å². The van der Waals surface area contributed by atoms with Gasteiger partial charge in [-0.15, -0.1) is 11.3 Å². The molecular weight excluding hydrogens is 332 g/mol. The Hall–Kier alpha value is -0.383. The Balaban J connectivity index is 2.58. The maximum atomic E-state index is 3.62. The lowest BCUT2D eigenvalue weighted by molar-refractivity contribution is 1.42. The maximum absolute atomic E-state index is 3.62. The summed E-state index contributed by atoms with van der Waals surface area (Å²) in [5.41, 5.74) is 4.23. The molecule has 102 valence electrons. The number of rotatable bonds is 2. The number of benzene rings is 1. The van der Waals surface area contributed by atoms with Crippen LogP contribution in [0, 0.1) is 20.8 Å². The van der Waals surface area contributed by atoms with Gasteiger partial charge in [0.25, 0.3) is 0 Å². The lowest BCUT2D eigenvalue weighted by atomic mass is 10.0. The van der Waals surface area contributed by atoms with Crippen LogP contribution in [0.5, 0.6) is 0 Å². The SMILES string of the molecule is Cc1cc([Si](C)(C)C)c(C)cc1-c1cc(Br)c(C)s1. The van der Waals surface area contributed by atoms with Gasteiger partial charge in [0, 0.05) is 14.2 Å². The van der Waals surface area contributed by atoms with Crippen molar-refractivity contribution in [3.63, 3.8) is 0 Å². The van der Waals surface area contributed by atoms with Crippen molar-refractivity contribution in [2.45, 2.75) is 40.4 Å². The van der Waals surface area contributed by atoms with Gasteiger partial charge in [-0.3, -0.25) is 0 Å². The van der Waals surface area contributed by atoms with Gasteiger partial charge in [-0.05, 0) is 53.9 Å². The average molecular weight is 353 g/mol. The molecule has 0 bridgehead atoms. The van der Waals surface area contributed by atoms with E-state index in [9.17, 15) is 0 Å². The van der Waals surface area contributed by atoms with Crippen LogP contribution in [0.3, 0.4) is 0 Å². The van der Waals surface area contributed by atoms with Gasteiger partial charge in [0.1, 0.15) is 0 Å². The molecule has 0 saturated carbocycles. The van der Waals surface area contributed by atoms with Crippen LogP contribution in [0.2, 0.25) is 19.6 Å². The molecular formula is C16H21BrSSi. The summed E-state index contributed by atoms with van der Waals surface area (Å²) < 4.78 is 1.22. The van der Waals surface area contributed by atoms with E-state index in [-0.39, 0.29) is 0 Å². The second kappa shape index (κ2) is 5.19. The van der Waals surface area contributed by atoms with E-state index < -0.39 is 8.07 Å². The molecule has 19 heavy (non-hydrogen) atoms. The minimum Gasteiger partial charge on any atom is -0.139 e. The van der Waals surface area contributed by atoms with Crippen molar-refractivity contribution in [3.8, 4) is 10.4 Å². The van der Waals surface area contributed by atoms with Crippen LogP contribution in [-0.4, -0.2) is 8.07 Å². The van der Waals surface area contributed by atoms with Crippen LogP contribution < -0.4 is 5.19 Å². The Bertz CT molecular complexity index is 601. The number of hydrogen-bond donors (Lipinski definition) is 0. The first-order valence-corrected chi connectivity index (χ1v) is 11.7. The molecule has 0 amide bonds. The molecule has 0 aliphatic rings. The highest BCUT2D eigenvalue weighted by Crippen LogP contribution is 2.36. The van der Waals surface area contributed by atoms with Crippen molar-refractivity contribution >= 4 is 40.5 Å². The van der Waals surface area contributed by atoms with Crippen LogP contribution in [0.15, 0.2) is 22.7 Å². The minimum absolute atomic E-state index is 1.22. The third kappa shape index (κ3) is 3.04. The summed E-state index contributed by atoms with van der Waals surface area (Å²) in [6.07, 6.45) is 0. The van der Waals surface area contributed by atoms with Gasteiger partial charge >= 0.3 is 0 Å². The number of halogens is 1. The molecule has 0 nitrogen and oxygen atoms in total. The van der Waals surface area contributed by atoms with Crippen molar-refractivity contribution in [2.75, 3.05) is 0 Å². The summed E-state index contributed by atoms with van der Waals surface area (Å²) in [7, 11) is -1.24. The molecule has 1 aromatic heterocycles. The van der Waals surface area contributed by atoms with E-state index in [1.165, 1.54) is 30.9 Å². The highest BCUT2D eigenvalue weighted by Gasteiger charge is 2.20. The van der Waals surface area contributed by atoms with E-state index in [1.54, 1.807) is 5.19 Å². The highest BCUT2D eigenvalue weighted by atomic mass is 79.9. The standard InChI is InChI=1S/C16H21BrSSi/c1-10-8-16(19(4,5)6)11(2)7-13(10)15-9-14(17)12(3)18-15/h7-9H,1-6H3. The van der Waals surface area contributed by atoms with Crippen LogP contribution in [0.4, 0.5) is 0 Å². The zero-order valence-electron chi connectivity index (χ0n) is 12.5. The molecule has 1 aromatic carbocycles. The molecule has 0 aliphatic carbocycles. The summed E-state index contributed by atoms with van der Waals surface area (Å²) in [4.78, 5) is 2.72. The molecule has 1 heterocycles. The fourth-order valence-corrected chi connectivity index (χ4v) is 6.00. The molecule has 2 aromatic rings. The van der Waals surface area contributed by atoms with Gasteiger partial charge < -0.3 is 0 Å². The van der Waals surface area contributed by atoms with Crippen LogP contribution >= 0.6 is 27.3 Å². The largest absolute Gasteiger partial charge is 0.139 e. The van der Waals surface area contributed by atoms with Gasteiger partial charge in [-0.25, -0.2) is 0 Å². The molecule has 0 radical (unpaired) electrons. The van der Waals surface area contributed by atoms with Crippen molar-refractivity contribution in [1.82, 2.24) is 0 Å². The highest BCUT2D eigenvalue weighted by molar-refractivity contribution is 9.10.